The second-order valence-electron chi connectivity index (χ2n) is 3.92. The van der Waals surface area contributed by atoms with Crippen molar-refractivity contribution >= 4 is 5.82 Å². The summed E-state index contributed by atoms with van der Waals surface area (Å²) in [5, 5.41) is 0. The molecule has 0 radical (unpaired) electrons. The van der Waals surface area contributed by atoms with Crippen molar-refractivity contribution in [3.05, 3.63) is 59.3 Å². The summed E-state index contributed by atoms with van der Waals surface area (Å²) in [6, 6.07) is 8.60. The fourth-order valence-electron chi connectivity index (χ4n) is 1.63. The molecular formula is C13H11F3N2. The normalized spacial score (nSPS) is 11.5. The highest BCUT2D eigenvalue weighted by atomic mass is 19.4. The standard InChI is InChI=1S/C13H11F3N2/c14-13(15,16)11-5-3-9(4-6-11)8-10-2-1-7-18-12(10)17/h1-7H,8H2,(H2,17,18). The molecule has 18 heavy (non-hydrogen) atoms. The Kier molecular flexibility index (Phi) is 3.23. The van der Waals surface area contributed by atoms with Gasteiger partial charge in [-0.2, -0.15) is 13.2 Å². The fourth-order valence-corrected chi connectivity index (χ4v) is 1.63. The van der Waals surface area contributed by atoms with Gasteiger partial charge in [-0.25, -0.2) is 4.98 Å². The van der Waals surface area contributed by atoms with Crippen LogP contribution in [0.5, 0.6) is 0 Å². The molecule has 1 heterocycles. The maximum Gasteiger partial charge on any atom is 0.416 e. The van der Waals surface area contributed by atoms with Gasteiger partial charge >= 0.3 is 6.18 Å². The highest BCUT2D eigenvalue weighted by molar-refractivity contribution is 5.42. The van der Waals surface area contributed by atoms with Gasteiger partial charge in [-0.05, 0) is 29.3 Å². The van der Waals surface area contributed by atoms with E-state index in [0.29, 0.717) is 12.2 Å². The van der Waals surface area contributed by atoms with Crippen LogP contribution in [0.1, 0.15) is 16.7 Å². The van der Waals surface area contributed by atoms with Gasteiger partial charge in [-0.3, -0.25) is 0 Å². The highest BCUT2D eigenvalue weighted by Gasteiger charge is 2.29. The molecule has 0 aliphatic heterocycles. The molecule has 0 amide bonds. The Morgan fingerprint density at radius 1 is 1.06 bits per heavy atom. The summed E-state index contributed by atoms with van der Waals surface area (Å²) in [5.41, 5.74) is 6.60. The predicted molar refractivity (Wildman–Crippen MR) is 62.9 cm³/mol. The third kappa shape index (κ3) is 2.80. The van der Waals surface area contributed by atoms with E-state index >= 15 is 0 Å². The summed E-state index contributed by atoms with van der Waals surface area (Å²) in [6.07, 6.45) is -2.25. The van der Waals surface area contributed by atoms with E-state index in [1.807, 2.05) is 0 Å². The number of nitrogen functional groups attached to an aromatic ring is 1. The first kappa shape index (κ1) is 12.4. The van der Waals surface area contributed by atoms with Crippen LogP contribution in [0.25, 0.3) is 0 Å². The lowest BCUT2D eigenvalue weighted by Gasteiger charge is -2.08. The molecule has 5 heteroatoms. The lowest BCUT2D eigenvalue weighted by atomic mass is 10.0. The van der Waals surface area contributed by atoms with Crippen LogP contribution in [0.4, 0.5) is 19.0 Å². The van der Waals surface area contributed by atoms with Crippen molar-refractivity contribution < 1.29 is 13.2 Å². The summed E-state index contributed by atoms with van der Waals surface area (Å²) in [7, 11) is 0. The minimum atomic E-state index is -4.30. The largest absolute Gasteiger partial charge is 0.416 e. The van der Waals surface area contributed by atoms with Crippen molar-refractivity contribution in [2.75, 3.05) is 5.73 Å². The van der Waals surface area contributed by atoms with E-state index in [-0.39, 0.29) is 0 Å². The van der Waals surface area contributed by atoms with E-state index in [2.05, 4.69) is 4.98 Å². The van der Waals surface area contributed by atoms with E-state index in [4.69, 9.17) is 5.73 Å². The summed E-state index contributed by atoms with van der Waals surface area (Å²) in [6.45, 7) is 0. The number of nitrogens with zero attached hydrogens (tertiary/aromatic N) is 1. The van der Waals surface area contributed by atoms with Crippen LogP contribution in [0.2, 0.25) is 0 Å². The number of halogens is 3. The number of hydrogen-bond acceptors (Lipinski definition) is 2. The van der Waals surface area contributed by atoms with Crippen molar-refractivity contribution in [3.63, 3.8) is 0 Å². The Balaban J connectivity index is 2.19. The molecule has 0 spiro atoms. The Hall–Kier alpha value is -2.04. The second kappa shape index (κ2) is 4.68. The Labute approximate surface area is 102 Å². The zero-order valence-corrected chi connectivity index (χ0v) is 9.41. The van der Waals surface area contributed by atoms with Crippen molar-refractivity contribution in [2.24, 2.45) is 0 Å². The van der Waals surface area contributed by atoms with Crippen LogP contribution in [0.15, 0.2) is 42.6 Å². The third-order valence-corrected chi connectivity index (χ3v) is 2.60. The average Bonchev–Trinajstić information content (AvgIpc) is 2.32. The number of anilines is 1. The number of alkyl halides is 3. The molecule has 0 aliphatic rings. The minimum absolute atomic E-state index is 0.400. The van der Waals surface area contributed by atoms with Gasteiger partial charge < -0.3 is 5.73 Å². The van der Waals surface area contributed by atoms with Gasteiger partial charge in [0.05, 0.1) is 5.56 Å². The topological polar surface area (TPSA) is 38.9 Å². The van der Waals surface area contributed by atoms with Crippen molar-refractivity contribution in [1.29, 1.82) is 0 Å². The summed E-state index contributed by atoms with van der Waals surface area (Å²) in [5.74, 6) is 0.400. The highest BCUT2D eigenvalue weighted by Crippen LogP contribution is 2.29. The van der Waals surface area contributed by atoms with Crippen LogP contribution in [-0.4, -0.2) is 4.98 Å². The van der Waals surface area contributed by atoms with Gasteiger partial charge in [0.1, 0.15) is 5.82 Å². The number of benzene rings is 1. The lowest BCUT2D eigenvalue weighted by Crippen LogP contribution is -2.04. The predicted octanol–water partition coefficient (Wildman–Crippen LogP) is 3.27. The maximum atomic E-state index is 12.4. The van der Waals surface area contributed by atoms with E-state index < -0.39 is 11.7 Å². The van der Waals surface area contributed by atoms with Crippen molar-refractivity contribution in [3.8, 4) is 0 Å². The van der Waals surface area contributed by atoms with Crippen LogP contribution in [0, 0.1) is 0 Å². The molecule has 0 bridgehead atoms. The second-order valence-corrected chi connectivity index (χ2v) is 3.92. The molecule has 1 aromatic carbocycles. The number of rotatable bonds is 2. The minimum Gasteiger partial charge on any atom is -0.383 e. The lowest BCUT2D eigenvalue weighted by molar-refractivity contribution is -0.137. The molecule has 0 saturated heterocycles. The molecule has 2 rings (SSSR count). The van der Waals surface area contributed by atoms with Gasteiger partial charge in [0, 0.05) is 12.6 Å². The molecule has 2 nitrogen and oxygen atoms in total. The van der Waals surface area contributed by atoms with Gasteiger partial charge in [0.15, 0.2) is 0 Å². The van der Waals surface area contributed by atoms with Gasteiger partial charge in [-0.1, -0.05) is 18.2 Å². The summed E-state index contributed by atoms with van der Waals surface area (Å²) >= 11 is 0. The Bertz CT molecular complexity index is 533. The molecule has 94 valence electrons. The molecule has 0 fully saturated rings. The van der Waals surface area contributed by atoms with E-state index in [1.54, 1.807) is 18.3 Å². The van der Waals surface area contributed by atoms with Crippen LogP contribution in [0.3, 0.4) is 0 Å². The molecule has 2 aromatic rings. The van der Waals surface area contributed by atoms with Gasteiger partial charge in [0.2, 0.25) is 0 Å². The maximum absolute atomic E-state index is 12.4. The Morgan fingerprint density at radius 3 is 2.28 bits per heavy atom. The third-order valence-electron chi connectivity index (χ3n) is 2.60. The monoisotopic (exact) mass is 252 g/mol. The molecule has 0 atom stereocenters. The summed E-state index contributed by atoms with van der Waals surface area (Å²) < 4.78 is 37.1. The van der Waals surface area contributed by atoms with Crippen molar-refractivity contribution in [2.45, 2.75) is 12.6 Å². The Morgan fingerprint density at radius 2 is 1.72 bits per heavy atom. The van der Waals surface area contributed by atoms with Gasteiger partial charge in [-0.15, -0.1) is 0 Å². The van der Waals surface area contributed by atoms with Crippen LogP contribution >= 0.6 is 0 Å². The first-order chi connectivity index (χ1) is 8.47. The van der Waals surface area contributed by atoms with Gasteiger partial charge in [0.25, 0.3) is 0 Å². The number of aromatic nitrogens is 1. The fraction of sp³-hybridized carbons (Fsp3) is 0.154. The number of pyridine rings is 1. The molecular weight excluding hydrogens is 241 g/mol. The molecule has 0 saturated carbocycles. The van der Waals surface area contributed by atoms with E-state index in [1.165, 1.54) is 12.1 Å². The van der Waals surface area contributed by atoms with E-state index in [9.17, 15) is 13.2 Å². The smallest absolute Gasteiger partial charge is 0.383 e. The number of hydrogen-bond donors (Lipinski definition) is 1. The summed E-state index contributed by atoms with van der Waals surface area (Å²) in [4.78, 5) is 3.93. The zero-order chi connectivity index (χ0) is 13.2. The molecule has 0 aliphatic carbocycles. The molecule has 0 unspecified atom stereocenters. The van der Waals surface area contributed by atoms with E-state index in [0.717, 1.165) is 23.3 Å². The molecule has 1 aromatic heterocycles. The van der Waals surface area contributed by atoms with Crippen LogP contribution in [-0.2, 0) is 12.6 Å². The quantitative estimate of drug-likeness (QED) is 0.890. The first-order valence-electron chi connectivity index (χ1n) is 5.32. The zero-order valence-electron chi connectivity index (χ0n) is 9.41. The number of nitrogens with two attached hydrogens (primary N) is 1. The molecule has 2 N–H and O–H groups in total. The first-order valence-corrected chi connectivity index (χ1v) is 5.32. The van der Waals surface area contributed by atoms with Crippen LogP contribution < -0.4 is 5.73 Å². The van der Waals surface area contributed by atoms with Crippen molar-refractivity contribution in [1.82, 2.24) is 4.98 Å². The SMILES string of the molecule is Nc1ncccc1Cc1ccc(C(F)(F)F)cc1. The average molecular weight is 252 g/mol.